The van der Waals surface area contributed by atoms with Crippen molar-refractivity contribution in [2.75, 3.05) is 4.90 Å². The molecule has 0 amide bonds. The van der Waals surface area contributed by atoms with E-state index in [1.165, 1.54) is 93.1 Å². The molecular formula is C66H44N2. The summed E-state index contributed by atoms with van der Waals surface area (Å²) in [6.45, 7) is 0. The van der Waals surface area contributed by atoms with Crippen LogP contribution < -0.4 is 4.90 Å². The first-order valence-corrected chi connectivity index (χ1v) is 23.4. The Balaban J connectivity index is 1.05. The molecule has 0 radical (unpaired) electrons. The molecule has 2 heteroatoms. The topological polar surface area (TPSA) is 8.17 Å². The zero-order chi connectivity index (χ0) is 45.0. The van der Waals surface area contributed by atoms with Crippen molar-refractivity contribution in [2.45, 2.75) is 0 Å². The van der Waals surface area contributed by atoms with Crippen LogP contribution in [0.25, 0.3) is 104 Å². The monoisotopic (exact) mass is 864 g/mol. The summed E-state index contributed by atoms with van der Waals surface area (Å²) in [5.41, 5.74) is 16.3. The van der Waals surface area contributed by atoms with Gasteiger partial charge in [-0.2, -0.15) is 0 Å². The van der Waals surface area contributed by atoms with Gasteiger partial charge in [-0.3, -0.25) is 0 Å². The highest BCUT2D eigenvalue weighted by Crippen LogP contribution is 2.48. The van der Waals surface area contributed by atoms with Gasteiger partial charge in [0.05, 0.1) is 11.0 Å². The molecule has 0 aliphatic rings. The fourth-order valence-corrected chi connectivity index (χ4v) is 10.7. The quantitative estimate of drug-likeness (QED) is 0.138. The molecule has 0 saturated carbocycles. The number of hydrogen-bond donors (Lipinski definition) is 0. The highest BCUT2D eigenvalue weighted by atomic mass is 15.1. The van der Waals surface area contributed by atoms with Crippen molar-refractivity contribution < 1.29 is 0 Å². The second kappa shape index (κ2) is 16.5. The molecule has 1 heterocycles. The summed E-state index contributed by atoms with van der Waals surface area (Å²) in [6, 6.07) is 97.6. The summed E-state index contributed by atoms with van der Waals surface area (Å²) in [5, 5.41) is 9.87. The van der Waals surface area contributed by atoms with Gasteiger partial charge >= 0.3 is 0 Å². The lowest BCUT2D eigenvalue weighted by Crippen LogP contribution is -2.10. The molecule has 13 aromatic rings. The predicted molar refractivity (Wildman–Crippen MR) is 290 cm³/mol. The van der Waals surface area contributed by atoms with Crippen molar-refractivity contribution in [1.82, 2.24) is 4.57 Å². The number of anilines is 3. The summed E-state index contributed by atoms with van der Waals surface area (Å²) >= 11 is 0. The average molecular weight is 865 g/mol. The minimum Gasteiger partial charge on any atom is -0.310 e. The number of para-hydroxylation sites is 3. The molecule has 12 aromatic carbocycles. The predicted octanol–water partition coefficient (Wildman–Crippen LogP) is 18.4. The number of nitrogens with zero attached hydrogens (tertiary/aromatic N) is 2. The molecule has 318 valence electrons. The van der Waals surface area contributed by atoms with E-state index in [9.17, 15) is 0 Å². The average Bonchev–Trinajstić information content (AvgIpc) is 3.76. The Morgan fingerprint density at radius 2 is 0.809 bits per heavy atom. The highest BCUT2D eigenvalue weighted by molar-refractivity contribution is 6.22. The zero-order valence-electron chi connectivity index (χ0n) is 37.3. The molecule has 0 saturated heterocycles. The third-order valence-electron chi connectivity index (χ3n) is 13.7. The van der Waals surface area contributed by atoms with E-state index in [4.69, 9.17) is 0 Å². The second-order valence-corrected chi connectivity index (χ2v) is 17.6. The van der Waals surface area contributed by atoms with Gasteiger partial charge in [0, 0.05) is 39.1 Å². The summed E-state index contributed by atoms with van der Waals surface area (Å²) in [7, 11) is 0. The second-order valence-electron chi connectivity index (χ2n) is 17.6. The smallest absolute Gasteiger partial charge is 0.0619 e. The van der Waals surface area contributed by atoms with Crippen LogP contribution in [0.1, 0.15) is 0 Å². The van der Waals surface area contributed by atoms with E-state index >= 15 is 0 Å². The van der Waals surface area contributed by atoms with Crippen molar-refractivity contribution in [2.24, 2.45) is 0 Å². The van der Waals surface area contributed by atoms with E-state index in [0.717, 1.165) is 28.3 Å². The van der Waals surface area contributed by atoms with Crippen LogP contribution in [0.3, 0.4) is 0 Å². The highest BCUT2D eigenvalue weighted by Gasteiger charge is 2.22. The van der Waals surface area contributed by atoms with Gasteiger partial charge in [0.25, 0.3) is 0 Å². The third-order valence-corrected chi connectivity index (χ3v) is 13.7. The largest absolute Gasteiger partial charge is 0.310 e. The van der Waals surface area contributed by atoms with Gasteiger partial charge < -0.3 is 9.47 Å². The van der Waals surface area contributed by atoms with Crippen molar-refractivity contribution in [3.63, 3.8) is 0 Å². The molecule has 0 atom stereocenters. The standard InChI is InChI=1S/C66H44N2/c1-4-19-47(20-5-1)64-60-30-13-12-28-57(60)58-41-40-55(44-62(58)65(64)48-21-6-2-7-22-48)67(53-38-36-46(37-39-53)50-35-34-45-18-10-11-23-49(45)42-50)54-27-16-24-51(43-54)56-31-17-32-61-59-29-14-15-33-63(59)68(66(56)61)52-25-8-3-9-26-52/h1-44H. The van der Waals surface area contributed by atoms with Gasteiger partial charge in [0.2, 0.25) is 0 Å². The van der Waals surface area contributed by atoms with Crippen molar-refractivity contribution >= 4 is 71.2 Å². The molecule has 0 N–H and O–H groups in total. The Morgan fingerprint density at radius 3 is 1.57 bits per heavy atom. The lowest BCUT2D eigenvalue weighted by atomic mass is 9.85. The number of fused-ring (bicyclic) bond motifs is 7. The van der Waals surface area contributed by atoms with Crippen LogP contribution in [-0.2, 0) is 0 Å². The molecule has 0 aliphatic heterocycles. The molecule has 0 aliphatic carbocycles. The Kier molecular flexibility index (Phi) is 9.54. The van der Waals surface area contributed by atoms with Crippen LogP contribution in [0, 0.1) is 0 Å². The fourth-order valence-electron chi connectivity index (χ4n) is 10.7. The maximum Gasteiger partial charge on any atom is 0.0619 e. The molecule has 0 bridgehead atoms. The van der Waals surface area contributed by atoms with Gasteiger partial charge in [0.15, 0.2) is 0 Å². The summed E-state index contributed by atoms with van der Waals surface area (Å²) in [4.78, 5) is 2.44. The maximum absolute atomic E-state index is 2.44. The van der Waals surface area contributed by atoms with Crippen molar-refractivity contribution in [1.29, 1.82) is 0 Å². The third kappa shape index (κ3) is 6.65. The van der Waals surface area contributed by atoms with E-state index in [1.807, 2.05) is 0 Å². The zero-order valence-corrected chi connectivity index (χ0v) is 37.3. The molecule has 13 rings (SSSR count). The first-order valence-electron chi connectivity index (χ1n) is 23.4. The summed E-state index contributed by atoms with van der Waals surface area (Å²) in [6.07, 6.45) is 0. The Bertz CT molecular complexity index is 4000. The van der Waals surface area contributed by atoms with E-state index in [-0.39, 0.29) is 0 Å². The summed E-state index contributed by atoms with van der Waals surface area (Å²) in [5.74, 6) is 0. The first-order chi connectivity index (χ1) is 33.7. The van der Waals surface area contributed by atoms with Crippen LogP contribution in [0.5, 0.6) is 0 Å². The SMILES string of the molecule is c1ccc(-c2c(-c3ccccc3)c3cc(N(c4ccc(-c5ccc6ccccc6c5)cc4)c4cccc(-c5cccc6c7ccccc7n(-c7ccccc7)c56)c4)ccc3c3ccccc23)cc1. The van der Waals surface area contributed by atoms with Gasteiger partial charge in [-0.05, 0) is 132 Å². The Morgan fingerprint density at radius 1 is 0.265 bits per heavy atom. The number of aromatic nitrogens is 1. The van der Waals surface area contributed by atoms with Crippen LogP contribution in [0.15, 0.2) is 267 Å². The maximum atomic E-state index is 2.44. The van der Waals surface area contributed by atoms with E-state index < -0.39 is 0 Å². The molecule has 0 fully saturated rings. The molecular weight excluding hydrogens is 821 g/mol. The molecule has 0 unspecified atom stereocenters. The van der Waals surface area contributed by atoms with Crippen molar-refractivity contribution in [3.05, 3.63) is 267 Å². The molecule has 2 nitrogen and oxygen atoms in total. The minimum atomic E-state index is 1.07. The fraction of sp³-hybridized carbons (Fsp3) is 0. The molecule has 68 heavy (non-hydrogen) atoms. The van der Waals surface area contributed by atoms with E-state index in [2.05, 4.69) is 276 Å². The molecule has 0 spiro atoms. The lowest BCUT2D eigenvalue weighted by molar-refractivity contribution is 1.18. The van der Waals surface area contributed by atoms with Crippen LogP contribution in [0.4, 0.5) is 17.1 Å². The minimum absolute atomic E-state index is 1.07. The van der Waals surface area contributed by atoms with E-state index in [0.29, 0.717) is 0 Å². The van der Waals surface area contributed by atoms with Gasteiger partial charge in [-0.1, -0.05) is 206 Å². The van der Waals surface area contributed by atoms with Crippen molar-refractivity contribution in [3.8, 4) is 50.2 Å². The van der Waals surface area contributed by atoms with Crippen LogP contribution >= 0.6 is 0 Å². The summed E-state index contributed by atoms with van der Waals surface area (Å²) < 4.78 is 2.43. The lowest BCUT2D eigenvalue weighted by Gasteiger charge is -2.27. The van der Waals surface area contributed by atoms with Crippen LogP contribution in [-0.4, -0.2) is 4.57 Å². The van der Waals surface area contributed by atoms with Gasteiger partial charge in [0.1, 0.15) is 0 Å². The van der Waals surface area contributed by atoms with Gasteiger partial charge in [-0.15, -0.1) is 0 Å². The van der Waals surface area contributed by atoms with Crippen LogP contribution in [0.2, 0.25) is 0 Å². The van der Waals surface area contributed by atoms with E-state index in [1.54, 1.807) is 0 Å². The first kappa shape index (κ1) is 39.4. The number of rotatable bonds is 8. The van der Waals surface area contributed by atoms with Gasteiger partial charge in [-0.25, -0.2) is 0 Å². The number of benzene rings is 12. The normalized spacial score (nSPS) is 11.5. The Hall–Kier alpha value is -8.98. The Labute approximate surface area is 395 Å². The molecule has 1 aromatic heterocycles. The number of hydrogen-bond acceptors (Lipinski definition) is 1.